The molecule has 0 amide bonds. The Balaban J connectivity index is 1.30. The molecule has 26 heavy (non-hydrogen) atoms. The van der Waals surface area contributed by atoms with Crippen LogP contribution in [0.3, 0.4) is 0 Å². The first kappa shape index (κ1) is 17.8. The lowest BCUT2D eigenvalue weighted by Crippen LogP contribution is -2.49. The first-order valence-electron chi connectivity index (χ1n) is 11.0. The molecule has 0 aromatic heterocycles. The third-order valence-corrected chi connectivity index (χ3v) is 9.56. The predicted octanol–water partition coefficient (Wildman–Crippen LogP) is 6.22. The zero-order valence-corrected chi connectivity index (χ0v) is 15.9. The van der Waals surface area contributed by atoms with Gasteiger partial charge in [0, 0.05) is 0 Å². The van der Waals surface area contributed by atoms with Crippen LogP contribution < -0.4 is 0 Å². The average Bonchev–Trinajstić information content (AvgIpc) is 3.35. The summed E-state index contributed by atoms with van der Waals surface area (Å²) in [5.74, 6) is 3.06. The predicted molar refractivity (Wildman–Crippen MR) is 94.5 cm³/mol. The molecule has 1 saturated heterocycles. The summed E-state index contributed by atoms with van der Waals surface area (Å²) in [6.07, 6.45) is 7.00. The van der Waals surface area contributed by atoms with Crippen LogP contribution in [0, 0.1) is 46.8 Å². The van der Waals surface area contributed by atoms with Gasteiger partial charge in [0.25, 0.3) is 0 Å². The Morgan fingerprint density at radius 3 is 2.42 bits per heavy atom. The van der Waals surface area contributed by atoms with E-state index in [0.717, 1.165) is 43.1 Å². The second-order valence-corrected chi connectivity index (χ2v) is 10.5. The van der Waals surface area contributed by atoms with Crippen molar-refractivity contribution in [3.63, 3.8) is 0 Å². The molecule has 0 bridgehead atoms. The normalized spacial score (nSPS) is 53.5. The lowest BCUT2D eigenvalue weighted by molar-refractivity contribution is -0.196. The molecule has 4 heteroatoms. The van der Waals surface area contributed by atoms with Crippen molar-refractivity contribution in [3.05, 3.63) is 0 Å². The Kier molecular flexibility index (Phi) is 4.20. The van der Waals surface area contributed by atoms with Gasteiger partial charge in [0.05, 0.1) is 18.6 Å². The summed E-state index contributed by atoms with van der Waals surface area (Å²) in [4.78, 5) is 0. The van der Waals surface area contributed by atoms with Crippen LogP contribution in [-0.2, 0) is 4.74 Å². The molecule has 0 N–H and O–H groups in total. The molecule has 0 aromatic carbocycles. The van der Waals surface area contributed by atoms with Crippen LogP contribution in [0.2, 0.25) is 0 Å². The molecule has 4 unspecified atom stereocenters. The smallest absolute Gasteiger partial charge is 0.373 e. The molecule has 5 fully saturated rings. The van der Waals surface area contributed by atoms with Gasteiger partial charge in [-0.05, 0) is 105 Å². The van der Waals surface area contributed by atoms with E-state index in [2.05, 4.69) is 6.92 Å². The average molecular weight is 370 g/mol. The zero-order chi connectivity index (χ0) is 18.1. The zero-order valence-electron chi connectivity index (χ0n) is 15.9. The summed E-state index contributed by atoms with van der Waals surface area (Å²) in [5.41, 5.74) is 0.475. The van der Waals surface area contributed by atoms with Gasteiger partial charge >= 0.3 is 6.18 Å². The fourth-order valence-electron chi connectivity index (χ4n) is 8.17. The number of ether oxygens (including phenoxy) is 1. The number of rotatable bonds is 2. The van der Waals surface area contributed by atoms with E-state index in [1.165, 1.54) is 38.5 Å². The highest BCUT2D eigenvalue weighted by atomic mass is 19.4. The molecular weight excluding hydrogens is 337 g/mol. The van der Waals surface area contributed by atoms with E-state index in [4.69, 9.17) is 4.74 Å². The van der Waals surface area contributed by atoms with Crippen molar-refractivity contribution in [2.75, 3.05) is 6.61 Å². The van der Waals surface area contributed by atoms with Gasteiger partial charge in [-0.3, -0.25) is 0 Å². The molecule has 0 aromatic rings. The van der Waals surface area contributed by atoms with E-state index < -0.39 is 12.1 Å². The number of halogens is 3. The number of hydrogen-bond acceptors (Lipinski definition) is 1. The van der Waals surface area contributed by atoms with Crippen LogP contribution in [0.5, 0.6) is 0 Å². The van der Waals surface area contributed by atoms with E-state index in [1.54, 1.807) is 0 Å². The Bertz CT molecular complexity index is 542. The van der Waals surface area contributed by atoms with Gasteiger partial charge in [-0.2, -0.15) is 13.2 Å². The Morgan fingerprint density at radius 2 is 1.69 bits per heavy atom. The molecule has 148 valence electrons. The Morgan fingerprint density at radius 1 is 0.923 bits per heavy atom. The SMILES string of the molecule is C[C@]12CCC3[C@@H](CC[C@@H]4C[C@@H](C(F)(F)F)CC[C@H]34)C1CCC2CC1CO1. The first-order valence-corrected chi connectivity index (χ1v) is 11.0. The van der Waals surface area contributed by atoms with Gasteiger partial charge in [0.2, 0.25) is 0 Å². The number of epoxide rings is 1. The summed E-state index contributed by atoms with van der Waals surface area (Å²) >= 11 is 0. The van der Waals surface area contributed by atoms with E-state index in [1.807, 2.05) is 0 Å². The molecule has 1 aliphatic heterocycles. The number of fused-ring (bicyclic) bond motifs is 5. The highest BCUT2D eigenvalue weighted by molar-refractivity contribution is 5.06. The van der Waals surface area contributed by atoms with Crippen molar-refractivity contribution in [2.45, 2.75) is 83.4 Å². The van der Waals surface area contributed by atoms with E-state index in [-0.39, 0.29) is 0 Å². The lowest BCUT2D eigenvalue weighted by atomic mass is 9.49. The van der Waals surface area contributed by atoms with Gasteiger partial charge in [-0.15, -0.1) is 0 Å². The third-order valence-electron chi connectivity index (χ3n) is 9.56. The molecule has 5 rings (SSSR count). The molecule has 9 atom stereocenters. The highest BCUT2D eigenvalue weighted by Gasteiger charge is 2.58. The lowest BCUT2D eigenvalue weighted by Gasteiger charge is -2.56. The first-order chi connectivity index (χ1) is 12.4. The van der Waals surface area contributed by atoms with Gasteiger partial charge in [0.15, 0.2) is 0 Å². The molecule has 4 aliphatic carbocycles. The fourth-order valence-corrected chi connectivity index (χ4v) is 8.17. The van der Waals surface area contributed by atoms with E-state index in [0.29, 0.717) is 36.2 Å². The second kappa shape index (κ2) is 6.12. The van der Waals surface area contributed by atoms with E-state index in [9.17, 15) is 13.2 Å². The second-order valence-electron chi connectivity index (χ2n) is 10.5. The van der Waals surface area contributed by atoms with E-state index >= 15 is 0 Å². The summed E-state index contributed by atoms with van der Waals surface area (Å²) in [5, 5.41) is 0. The van der Waals surface area contributed by atoms with Gasteiger partial charge in [-0.25, -0.2) is 0 Å². The van der Waals surface area contributed by atoms with Crippen LogP contribution in [-0.4, -0.2) is 18.9 Å². The van der Waals surface area contributed by atoms with Gasteiger partial charge in [-0.1, -0.05) is 6.92 Å². The van der Waals surface area contributed by atoms with Crippen molar-refractivity contribution in [1.29, 1.82) is 0 Å². The van der Waals surface area contributed by atoms with Crippen molar-refractivity contribution < 1.29 is 17.9 Å². The minimum absolute atomic E-state index is 0.345. The number of hydrogen-bond donors (Lipinski definition) is 0. The minimum atomic E-state index is -3.98. The maximum Gasteiger partial charge on any atom is 0.391 e. The van der Waals surface area contributed by atoms with Crippen molar-refractivity contribution in [1.82, 2.24) is 0 Å². The van der Waals surface area contributed by atoms with Crippen molar-refractivity contribution in [3.8, 4) is 0 Å². The number of alkyl halides is 3. The summed E-state index contributed by atoms with van der Waals surface area (Å²) in [6.45, 7) is 3.51. The third kappa shape index (κ3) is 2.84. The van der Waals surface area contributed by atoms with Crippen molar-refractivity contribution >= 4 is 0 Å². The molecule has 1 heterocycles. The van der Waals surface area contributed by atoms with Gasteiger partial charge < -0.3 is 4.74 Å². The minimum Gasteiger partial charge on any atom is -0.373 e. The van der Waals surface area contributed by atoms with Crippen LogP contribution in [0.25, 0.3) is 0 Å². The molecule has 0 radical (unpaired) electrons. The topological polar surface area (TPSA) is 12.5 Å². The molecular formula is C22H33F3O. The maximum atomic E-state index is 13.2. The monoisotopic (exact) mass is 370 g/mol. The summed E-state index contributed by atoms with van der Waals surface area (Å²) in [6, 6.07) is 0. The Hall–Kier alpha value is -0.250. The van der Waals surface area contributed by atoms with Crippen LogP contribution in [0.15, 0.2) is 0 Å². The highest BCUT2D eigenvalue weighted by Crippen LogP contribution is 2.65. The van der Waals surface area contributed by atoms with Crippen LogP contribution in [0.4, 0.5) is 13.2 Å². The van der Waals surface area contributed by atoms with Gasteiger partial charge in [0.1, 0.15) is 0 Å². The Labute approximate surface area is 155 Å². The molecule has 5 aliphatic rings. The summed E-state index contributed by atoms with van der Waals surface area (Å²) < 4.78 is 45.1. The van der Waals surface area contributed by atoms with Crippen molar-refractivity contribution in [2.24, 2.45) is 46.8 Å². The quantitative estimate of drug-likeness (QED) is 0.526. The molecule has 0 spiro atoms. The maximum absolute atomic E-state index is 13.2. The van der Waals surface area contributed by atoms with Crippen LogP contribution >= 0.6 is 0 Å². The largest absolute Gasteiger partial charge is 0.391 e. The summed E-state index contributed by atoms with van der Waals surface area (Å²) in [7, 11) is 0. The fraction of sp³-hybridized carbons (Fsp3) is 1.00. The molecule has 4 saturated carbocycles. The molecule has 1 nitrogen and oxygen atoms in total. The standard InChI is InChI=1S/C22H33F3O/c1-21-9-8-18-17-6-3-15(22(23,24)25)10-13(17)2-5-19(18)20(21)7-4-14(21)11-16-12-26-16/h13-20H,2-12H2,1H3/t13-,14?,15+,16?,17+,18?,19-,20?,21-/m1/s1. The van der Waals surface area contributed by atoms with Crippen LogP contribution in [0.1, 0.15) is 71.1 Å².